The smallest absolute Gasteiger partial charge is 0.253 e. The number of para-hydroxylation sites is 1. The van der Waals surface area contributed by atoms with Gasteiger partial charge in [-0.15, -0.1) is 0 Å². The summed E-state index contributed by atoms with van der Waals surface area (Å²) in [4.78, 5) is 57.2. The lowest BCUT2D eigenvalue weighted by atomic mass is 9.91. The molecule has 0 spiro atoms. The third kappa shape index (κ3) is 8.27. The van der Waals surface area contributed by atoms with Gasteiger partial charge in [0, 0.05) is 76.9 Å². The van der Waals surface area contributed by atoms with Crippen molar-refractivity contribution in [3.63, 3.8) is 0 Å². The van der Waals surface area contributed by atoms with Crippen molar-refractivity contribution in [3.05, 3.63) is 89.2 Å². The summed E-state index contributed by atoms with van der Waals surface area (Å²) in [5.41, 5.74) is 4.03. The van der Waals surface area contributed by atoms with E-state index in [9.17, 15) is 14.4 Å². The molecule has 4 N–H and O–H groups in total. The highest BCUT2D eigenvalue weighted by Gasteiger charge is 2.29. The first-order chi connectivity index (χ1) is 25.3. The van der Waals surface area contributed by atoms with E-state index in [0.717, 1.165) is 75.7 Å². The monoisotopic (exact) mass is 722 g/mol. The van der Waals surface area contributed by atoms with Crippen LogP contribution in [0.25, 0.3) is 0 Å². The Balaban J connectivity index is 0.873. The molecule has 14 heteroatoms. The molecule has 1 atom stereocenters. The summed E-state index contributed by atoms with van der Waals surface area (Å²) in [5, 5.41) is 11.9. The van der Waals surface area contributed by atoms with Crippen molar-refractivity contribution in [2.24, 2.45) is 5.92 Å². The van der Waals surface area contributed by atoms with Gasteiger partial charge in [-0.05, 0) is 79.3 Å². The van der Waals surface area contributed by atoms with Crippen molar-refractivity contribution in [2.75, 3.05) is 73.3 Å². The van der Waals surface area contributed by atoms with Gasteiger partial charge < -0.3 is 25.8 Å². The highest BCUT2D eigenvalue weighted by Crippen LogP contribution is 2.30. The molecule has 3 amide bonds. The van der Waals surface area contributed by atoms with Gasteiger partial charge in [0.05, 0.1) is 23.4 Å². The summed E-state index contributed by atoms with van der Waals surface area (Å²) in [7, 11) is 1.59. The van der Waals surface area contributed by atoms with E-state index in [1.165, 1.54) is 11.9 Å². The number of carbonyl (C=O) groups is 3. The summed E-state index contributed by atoms with van der Waals surface area (Å²) in [6.07, 6.45) is 6.45. The van der Waals surface area contributed by atoms with Gasteiger partial charge in [-0.25, -0.2) is 9.97 Å². The van der Waals surface area contributed by atoms with Crippen molar-refractivity contribution in [2.45, 2.75) is 31.6 Å². The molecular weight excluding hydrogens is 680 g/mol. The van der Waals surface area contributed by atoms with Gasteiger partial charge in [0.15, 0.2) is 5.82 Å². The number of carbonyl (C=O) groups excluding carboxylic acids is 3. The molecule has 0 radical (unpaired) electrons. The Morgan fingerprint density at radius 1 is 0.904 bits per heavy atom. The third-order valence-corrected chi connectivity index (χ3v) is 10.4. The van der Waals surface area contributed by atoms with Crippen molar-refractivity contribution >= 4 is 64.0 Å². The van der Waals surface area contributed by atoms with Crippen LogP contribution >= 0.6 is 11.6 Å². The number of nitrogens with zero attached hydrogens (tertiary/aromatic N) is 6. The quantitative estimate of drug-likeness (QED) is 0.165. The van der Waals surface area contributed by atoms with Crippen LogP contribution in [0, 0.1) is 5.92 Å². The Labute approximate surface area is 308 Å². The first kappa shape index (κ1) is 35.1. The molecule has 0 bridgehead atoms. The Morgan fingerprint density at radius 3 is 2.42 bits per heavy atom. The largest absolute Gasteiger partial charge is 0.369 e. The Morgan fingerprint density at radius 2 is 1.67 bits per heavy atom. The van der Waals surface area contributed by atoms with Crippen molar-refractivity contribution in [1.82, 2.24) is 30.5 Å². The highest BCUT2D eigenvalue weighted by molar-refractivity contribution is 6.33. The van der Waals surface area contributed by atoms with E-state index in [4.69, 9.17) is 11.6 Å². The zero-order valence-electron chi connectivity index (χ0n) is 29.1. The third-order valence-electron chi connectivity index (χ3n) is 10.1. The molecule has 3 saturated heterocycles. The summed E-state index contributed by atoms with van der Waals surface area (Å²) in [5.74, 6) is 1.43. The van der Waals surface area contributed by atoms with E-state index < -0.39 is 0 Å². The number of imide groups is 1. The number of benzene rings is 2. The van der Waals surface area contributed by atoms with Gasteiger partial charge in [-0.3, -0.25) is 24.6 Å². The fraction of sp³-hybridized carbons (Fsp3) is 0.368. The maximum absolute atomic E-state index is 12.4. The molecule has 0 aliphatic carbocycles. The number of hydrogen-bond acceptors (Lipinski definition) is 11. The lowest BCUT2D eigenvalue weighted by molar-refractivity contribution is -0.134. The minimum absolute atomic E-state index is 0.193. The maximum Gasteiger partial charge on any atom is 0.253 e. The van der Waals surface area contributed by atoms with Crippen LogP contribution in [0.1, 0.15) is 47.5 Å². The summed E-state index contributed by atoms with van der Waals surface area (Å²) in [6, 6.07) is 19.4. The number of anilines is 6. The number of pyridine rings is 1. The number of piperazine rings is 1. The zero-order valence-corrected chi connectivity index (χ0v) is 29.9. The predicted molar refractivity (Wildman–Crippen MR) is 203 cm³/mol. The number of halogens is 1. The molecule has 5 heterocycles. The van der Waals surface area contributed by atoms with E-state index in [1.54, 1.807) is 31.4 Å². The van der Waals surface area contributed by atoms with Crippen LogP contribution in [0.15, 0.2) is 73.1 Å². The van der Waals surface area contributed by atoms with E-state index in [-0.39, 0.29) is 23.6 Å². The first-order valence-corrected chi connectivity index (χ1v) is 18.2. The Kier molecular flexibility index (Phi) is 10.8. The average molecular weight is 723 g/mol. The van der Waals surface area contributed by atoms with Gasteiger partial charge in [0.1, 0.15) is 10.8 Å². The van der Waals surface area contributed by atoms with Crippen LogP contribution in [0.4, 0.5) is 34.6 Å². The molecule has 2 aromatic heterocycles. The molecule has 270 valence electrons. The second kappa shape index (κ2) is 16.0. The summed E-state index contributed by atoms with van der Waals surface area (Å²) in [6.45, 7) is 6.97. The minimum Gasteiger partial charge on any atom is -0.369 e. The van der Waals surface area contributed by atoms with Crippen molar-refractivity contribution in [1.29, 1.82) is 0 Å². The van der Waals surface area contributed by atoms with Gasteiger partial charge in [-0.2, -0.15) is 4.98 Å². The highest BCUT2D eigenvalue weighted by atomic mass is 35.5. The standard InChI is InChI=1S/C38H43ClN10O3/c1-40-36(51)30-4-2-3-5-32(30)44-35-31(39)23-42-38(46-35)43-27-6-8-28(9-7-27)48-20-18-47(19-21-48)24-25-13-16-49(17-14-25)33-22-26(12-15-41-33)29-10-11-34(50)45-37(29)52/h2-9,12,15,22-23,25,29H,10-11,13-14,16-21,24H2,1H3,(H,40,51)(H,45,50,52)(H2,42,43,44,46). The molecular formula is C38H43ClN10O3. The van der Waals surface area contributed by atoms with Crippen LogP contribution in [-0.2, 0) is 9.59 Å². The first-order valence-electron chi connectivity index (χ1n) is 17.8. The normalized spacial score (nSPS) is 18.5. The number of rotatable bonds is 10. The number of nitrogens with one attached hydrogen (secondary N) is 4. The van der Waals surface area contributed by atoms with E-state index in [1.807, 2.05) is 30.3 Å². The number of piperidine rings is 2. The number of hydrogen-bond donors (Lipinski definition) is 4. The molecule has 0 saturated carbocycles. The molecule has 3 aliphatic rings. The predicted octanol–water partition coefficient (Wildman–Crippen LogP) is 4.93. The SMILES string of the molecule is CNC(=O)c1ccccc1Nc1nc(Nc2ccc(N3CCN(CC4CCN(c5cc(C6CCC(=O)NC6=O)ccn5)CC4)CC3)cc2)ncc1Cl. The molecule has 2 aromatic carbocycles. The zero-order chi connectivity index (χ0) is 36.0. The van der Waals surface area contributed by atoms with Gasteiger partial charge in [-0.1, -0.05) is 23.7 Å². The lowest BCUT2D eigenvalue weighted by Gasteiger charge is -2.40. The fourth-order valence-corrected chi connectivity index (χ4v) is 7.32. The fourth-order valence-electron chi connectivity index (χ4n) is 7.19. The molecule has 3 fully saturated rings. The molecule has 3 aliphatic heterocycles. The van der Waals surface area contributed by atoms with Gasteiger partial charge in [0.25, 0.3) is 5.91 Å². The Hall–Kier alpha value is -5.27. The van der Waals surface area contributed by atoms with Crippen LogP contribution < -0.4 is 31.1 Å². The summed E-state index contributed by atoms with van der Waals surface area (Å²) < 4.78 is 0. The van der Waals surface area contributed by atoms with Crippen LogP contribution in [-0.4, -0.2) is 90.4 Å². The molecule has 4 aromatic rings. The van der Waals surface area contributed by atoms with E-state index in [0.29, 0.717) is 46.8 Å². The van der Waals surface area contributed by atoms with Crippen LogP contribution in [0.5, 0.6) is 0 Å². The topological polar surface area (TPSA) is 148 Å². The van der Waals surface area contributed by atoms with Crippen LogP contribution in [0.3, 0.4) is 0 Å². The maximum atomic E-state index is 12.4. The van der Waals surface area contributed by atoms with E-state index >= 15 is 0 Å². The second-order valence-corrected chi connectivity index (χ2v) is 13.9. The summed E-state index contributed by atoms with van der Waals surface area (Å²) >= 11 is 6.40. The second-order valence-electron chi connectivity index (χ2n) is 13.5. The van der Waals surface area contributed by atoms with Crippen LogP contribution in [0.2, 0.25) is 5.02 Å². The number of aromatic nitrogens is 3. The van der Waals surface area contributed by atoms with Gasteiger partial charge >= 0.3 is 0 Å². The van der Waals surface area contributed by atoms with Crippen molar-refractivity contribution < 1.29 is 14.4 Å². The number of amides is 3. The molecule has 1 unspecified atom stereocenters. The molecule has 52 heavy (non-hydrogen) atoms. The van der Waals surface area contributed by atoms with E-state index in [2.05, 4.69) is 63.1 Å². The van der Waals surface area contributed by atoms with Crippen molar-refractivity contribution in [3.8, 4) is 0 Å². The Bertz CT molecular complexity index is 1910. The molecule has 7 rings (SSSR count). The van der Waals surface area contributed by atoms with Gasteiger partial charge in [0.2, 0.25) is 17.8 Å². The molecule has 13 nitrogen and oxygen atoms in total. The minimum atomic E-state index is -0.293. The lowest BCUT2D eigenvalue weighted by Crippen LogP contribution is -2.49. The average Bonchev–Trinajstić information content (AvgIpc) is 3.17.